The number of hydrazine groups is 1. The van der Waals surface area contributed by atoms with Crippen molar-refractivity contribution in [2.24, 2.45) is 5.92 Å². The van der Waals surface area contributed by atoms with Crippen molar-refractivity contribution >= 4 is 34.3 Å². The second kappa shape index (κ2) is 13.3. The monoisotopic (exact) mass is 603 g/mol. The van der Waals surface area contributed by atoms with E-state index in [0.717, 1.165) is 36.4 Å². The number of carboxylic acid groups (broad SMARTS) is 1. The maximum atomic E-state index is 13.9. The first-order chi connectivity index (χ1) is 18.5. The summed E-state index contributed by atoms with van der Waals surface area (Å²) in [7, 11) is -4.47. The summed E-state index contributed by atoms with van der Waals surface area (Å²) in [4.78, 5) is 29.5. The standard InChI is InChI=1S/C27H32F3N3O5S.ClH/c28-27(29,30)21-13-15-22(16-14-21)39(37,38)31-33(25(34)20-10-5-2-6-11-20)24(19-8-3-1-4-9-19)18-32-17-7-12-23(32)26(35)36;/h1,3-4,8-9,13-16,20,23-24,31H,2,5-7,10-12,17-18H2,(H,35,36);1H/t23?,24-;/m1./s1. The Balaban J connectivity index is 0.00000441. The molecule has 2 aliphatic rings. The molecule has 2 N–H and O–H groups in total. The number of carboxylic acids is 1. The van der Waals surface area contributed by atoms with Crippen LogP contribution < -0.4 is 4.83 Å². The van der Waals surface area contributed by atoms with E-state index in [1.165, 1.54) is 0 Å². The van der Waals surface area contributed by atoms with Gasteiger partial charge in [0.2, 0.25) is 5.91 Å². The highest BCUT2D eigenvalue weighted by molar-refractivity contribution is 7.89. The largest absolute Gasteiger partial charge is 0.480 e. The minimum atomic E-state index is -4.63. The van der Waals surface area contributed by atoms with Crippen LogP contribution in [0.3, 0.4) is 0 Å². The number of hydrogen-bond donors (Lipinski definition) is 2. The van der Waals surface area contributed by atoms with E-state index in [1.54, 1.807) is 35.2 Å². The predicted molar refractivity (Wildman–Crippen MR) is 144 cm³/mol. The van der Waals surface area contributed by atoms with Crippen molar-refractivity contribution in [3.8, 4) is 0 Å². The number of likely N-dealkylation sites (tertiary alicyclic amines) is 1. The van der Waals surface area contributed by atoms with Gasteiger partial charge in [0.15, 0.2) is 0 Å². The molecule has 40 heavy (non-hydrogen) atoms. The van der Waals surface area contributed by atoms with E-state index < -0.39 is 56.5 Å². The molecule has 220 valence electrons. The molecule has 1 unspecified atom stereocenters. The highest BCUT2D eigenvalue weighted by atomic mass is 35.5. The summed E-state index contributed by atoms with van der Waals surface area (Å²) in [5.41, 5.74) is -0.389. The van der Waals surface area contributed by atoms with E-state index >= 15 is 0 Å². The second-order valence-electron chi connectivity index (χ2n) is 10.1. The summed E-state index contributed by atoms with van der Waals surface area (Å²) in [6.45, 7) is 0.534. The van der Waals surface area contributed by atoms with Crippen molar-refractivity contribution < 1.29 is 36.3 Å². The number of sulfonamides is 1. The second-order valence-corrected chi connectivity index (χ2v) is 11.7. The Bertz CT molecular complexity index is 1260. The molecule has 0 spiro atoms. The molecule has 4 rings (SSSR count). The van der Waals surface area contributed by atoms with Gasteiger partial charge in [-0.1, -0.05) is 49.6 Å². The number of carbonyl (C=O) groups excluding carboxylic acids is 1. The lowest BCUT2D eigenvalue weighted by molar-refractivity contribution is -0.144. The maximum absolute atomic E-state index is 13.9. The summed E-state index contributed by atoms with van der Waals surface area (Å²) >= 11 is 0. The molecule has 2 aromatic carbocycles. The van der Waals surface area contributed by atoms with Gasteiger partial charge in [-0.05, 0) is 62.1 Å². The van der Waals surface area contributed by atoms with Crippen LogP contribution in [-0.2, 0) is 25.8 Å². The fraction of sp³-hybridized carbons (Fsp3) is 0.481. The van der Waals surface area contributed by atoms with Crippen molar-refractivity contribution in [1.82, 2.24) is 14.7 Å². The van der Waals surface area contributed by atoms with Gasteiger partial charge in [0, 0.05) is 12.5 Å². The zero-order chi connectivity index (χ0) is 28.2. The zero-order valence-electron chi connectivity index (χ0n) is 21.7. The highest BCUT2D eigenvalue weighted by Gasteiger charge is 2.39. The third-order valence-corrected chi connectivity index (χ3v) is 8.78. The fourth-order valence-electron chi connectivity index (χ4n) is 5.37. The Labute approximate surface area is 238 Å². The van der Waals surface area contributed by atoms with Gasteiger partial charge in [-0.3, -0.25) is 19.5 Å². The Kier molecular flexibility index (Phi) is 10.6. The van der Waals surface area contributed by atoms with Crippen molar-refractivity contribution in [2.45, 2.75) is 68.1 Å². The van der Waals surface area contributed by atoms with Crippen LogP contribution in [-0.4, -0.2) is 54.4 Å². The van der Waals surface area contributed by atoms with Gasteiger partial charge < -0.3 is 5.11 Å². The summed E-state index contributed by atoms with van der Waals surface area (Å²) in [5.74, 6) is -1.87. The first kappa shape index (κ1) is 31.9. The van der Waals surface area contributed by atoms with Gasteiger partial charge in [0.25, 0.3) is 10.0 Å². The van der Waals surface area contributed by atoms with Crippen LogP contribution in [0, 0.1) is 5.92 Å². The maximum Gasteiger partial charge on any atom is 0.416 e. The molecule has 1 aliphatic carbocycles. The summed E-state index contributed by atoms with van der Waals surface area (Å²) < 4.78 is 66.0. The van der Waals surface area contributed by atoms with E-state index in [2.05, 4.69) is 4.83 Å². The first-order valence-corrected chi connectivity index (χ1v) is 14.5. The van der Waals surface area contributed by atoms with Gasteiger partial charge in [-0.2, -0.15) is 13.2 Å². The Hall–Kier alpha value is -2.67. The normalized spacial score (nSPS) is 19.5. The van der Waals surface area contributed by atoms with Gasteiger partial charge in [0.05, 0.1) is 16.5 Å². The minimum absolute atomic E-state index is 0. The van der Waals surface area contributed by atoms with E-state index in [4.69, 9.17) is 0 Å². The third-order valence-electron chi connectivity index (χ3n) is 7.45. The average Bonchev–Trinajstić information content (AvgIpc) is 3.39. The van der Waals surface area contributed by atoms with Gasteiger partial charge in [0.1, 0.15) is 6.04 Å². The van der Waals surface area contributed by atoms with Crippen LogP contribution in [0.25, 0.3) is 0 Å². The molecule has 2 aromatic rings. The number of aliphatic carboxylic acids is 1. The summed E-state index contributed by atoms with van der Waals surface area (Å²) in [6, 6.07) is 10.2. The predicted octanol–water partition coefficient (Wildman–Crippen LogP) is 5.02. The van der Waals surface area contributed by atoms with Crippen molar-refractivity contribution in [3.05, 3.63) is 65.7 Å². The number of nitrogens with one attached hydrogen (secondary N) is 1. The number of halogens is 4. The Morgan fingerprint density at radius 2 is 1.60 bits per heavy atom. The van der Waals surface area contributed by atoms with Gasteiger partial charge in [-0.15, -0.1) is 17.2 Å². The van der Waals surface area contributed by atoms with Gasteiger partial charge >= 0.3 is 12.1 Å². The molecule has 0 radical (unpaired) electrons. The summed E-state index contributed by atoms with van der Waals surface area (Å²) in [6.07, 6.45) is 0.223. The van der Waals surface area contributed by atoms with Crippen LogP contribution in [0.15, 0.2) is 59.5 Å². The van der Waals surface area contributed by atoms with Crippen molar-refractivity contribution in [1.29, 1.82) is 0 Å². The molecule has 1 heterocycles. The molecule has 1 amide bonds. The molecule has 2 fully saturated rings. The molecular formula is C27H33ClF3N3O5S. The fourth-order valence-corrected chi connectivity index (χ4v) is 6.45. The number of alkyl halides is 3. The zero-order valence-corrected chi connectivity index (χ0v) is 23.4. The van der Waals surface area contributed by atoms with Crippen molar-refractivity contribution in [3.63, 3.8) is 0 Å². The van der Waals surface area contributed by atoms with Crippen LogP contribution >= 0.6 is 12.4 Å². The number of amides is 1. The van der Waals surface area contributed by atoms with E-state index in [-0.39, 0.29) is 19.0 Å². The Morgan fingerprint density at radius 1 is 0.975 bits per heavy atom. The van der Waals surface area contributed by atoms with Crippen LogP contribution in [0.4, 0.5) is 13.2 Å². The van der Waals surface area contributed by atoms with Crippen LogP contribution in [0.2, 0.25) is 0 Å². The van der Waals surface area contributed by atoms with Crippen LogP contribution in [0.1, 0.15) is 62.1 Å². The molecule has 13 heteroatoms. The smallest absolute Gasteiger partial charge is 0.416 e. The van der Waals surface area contributed by atoms with Gasteiger partial charge in [-0.25, -0.2) is 8.42 Å². The van der Waals surface area contributed by atoms with Crippen molar-refractivity contribution in [2.75, 3.05) is 13.1 Å². The molecule has 1 saturated heterocycles. The number of carbonyl (C=O) groups is 2. The summed E-state index contributed by atoms with van der Waals surface area (Å²) in [5, 5.41) is 10.8. The number of hydrogen-bond acceptors (Lipinski definition) is 5. The third kappa shape index (κ3) is 7.54. The first-order valence-electron chi connectivity index (χ1n) is 13.0. The molecule has 1 aliphatic heterocycles. The minimum Gasteiger partial charge on any atom is -0.480 e. The lowest BCUT2D eigenvalue weighted by Crippen LogP contribution is -2.54. The molecule has 1 saturated carbocycles. The number of benzene rings is 2. The van der Waals surface area contributed by atoms with E-state index in [9.17, 15) is 36.3 Å². The van der Waals surface area contributed by atoms with E-state index in [0.29, 0.717) is 49.9 Å². The quantitative estimate of drug-likeness (QED) is 0.390. The molecule has 0 aromatic heterocycles. The SMILES string of the molecule is Cl.O=C(O)C1CCCN1C[C@H](c1ccccc1)N(NS(=O)(=O)c1ccc(C(F)(F)F)cc1)C(=O)C1CCCCC1. The number of nitrogens with zero attached hydrogens (tertiary/aromatic N) is 2. The lowest BCUT2D eigenvalue weighted by Gasteiger charge is -2.38. The number of rotatable bonds is 9. The van der Waals surface area contributed by atoms with E-state index in [1.807, 2.05) is 0 Å². The lowest BCUT2D eigenvalue weighted by atomic mass is 9.88. The average molecular weight is 604 g/mol. The molecule has 0 bridgehead atoms. The molecular weight excluding hydrogens is 571 g/mol. The Morgan fingerprint density at radius 3 is 2.17 bits per heavy atom. The highest BCUT2D eigenvalue weighted by Crippen LogP contribution is 2.33. The van der Waals surface area contributed by atoms with Crippen LogP contribution in [0.5, 0.6) is 0 Å². The topological polar surface area (TPSA) is 107 Å². The molecule has 2 atom stereocenters. The molecule has 8 nitrogen and oxygen atoms in total.